The molecule has 2 aliphatic rings. The van der Waals surface area contributed by atoms with Crippen molar-refractivity contribution in [3.8, 4) is 0 Å². The number of anilines is 1. The van der Waals surface area contributed by atoms with E-state index in [9.17, 15) is 4.79 Å². The van der Waals surface area contributed by atoms with Crippen molar-refractivity contribution in [2.45, 2.75) is 34.1 Å². The Hall–Kier alpha value is -2.89. The number of aryl methyl sites for hydroxylation is 2. The Bertz CT molecular complexity index is 943. The minimum absolute atomic E-state index is 0.0363. The van der Waals surface area contributed by atoms with Crippen LogP contribution in [-0.2, 0) is 4.79 Å². The number of hydrogen-bond acceptors (Lipinski definition) is 5. The van der Waals surface area contributed by atoms with Crippen molar-refractivity contribution in [3.05, 3.63) is 59.6 Å². The summed E-state index contributed by atoms with van der Waals surface area (Å²) in [5.41, 5.74) is 3.26. The maximum absolute atomic E-state index is 13.2. The van der Waals surface area contributed by atoms with Gasteiger partial charge in [-0.15, -0.1) is 0 Å². The normalized spacial score (nSPS) is 21.3. The molecule has 6 heteroatoms. The van der Waals surface area contributed by atoms with Gasteiger partial charge < -0.3 is 0 Å². The van der Waals surface area contributed by atoms with E-state index in [1.54, 1.807) is 11.1 Å². The third-order valence-electron chi connectivity index (χ3n) is 5.21. The second-order valence-electron chi connectivity index (χ2n) is 7.40. The van der Waals surface area contributed by atoms with Crippen LogP contribution in [0.15, 0.2) is 42.5 Å². The second kappa shape index (κ2) is 5.83. The summed E-state index contributed by atoms with van der Waals surface area (Å²) in [6, 6.07) is 1.83. The first-order valence-electron chi connectivity index (χ1n) is 8.73. The highest BCUT2D eigenvalue weighted by Gasteiger charge is 2.52. The smallest absolute Gasteiger partial charge is 0.240 e. The number of carbonyl (C=O) groups is 1. The van der Waals surface area contributed by atoms with Gasteiger partial charge in [-0.2, -0.15) is 0 Å². The Morgan fingerprint density at radius 3 is 2.58 bits per heavy atom. The number of nitrogens with zero attached hydrogens (tertiary/aromatic N) is 5. The lowest BCUT2D eigenvalue weighted by molar-refractivity contribution is -0.125. The number of amides is 1. The molecule has 0 aromatic carbocycles. The van der Waals surface area contributed by atoms with E-state index < -0.39 is 5.41 Å². The van der Waals surface area contributed by atoms with Gasteiger partial charge in [-0.1, -0.05) is 19.9 Å². The Kier molecular flexibility index (Phi) is 3.72. The van der Waals surface area contributed by atoms with E-state index in [4.69, 9.17) is 0 Å². The predicted molar refractivity (Wildman–Crippen MR) is 99.0 cm³/mol. The van der Waals surface area contributed by atoms with E-state index in [-0.39, 0.29) is 11.8 Å². The summed E-state index contributed by atoms with van der Waals surface area (Å²) in [6.07, 6.45) is 10.3. The lowest BCUT2D eigenvalue weighted by Gasteiger charge is -2.25. The molecule has 1 aliphatic carbocycles. The van der Waals surface area contributed by atoms with Crippen LogP contribution in [0.25, 0.3) is 5.57 Å². The quantitative estimate of drug-likeness (QED) is 0.834. The fourth-order valence-corrected chi connectivity index (χ4v) is 3.62. The van der Waals surface area contributed by atoms with Crippen molar-refractivity contribution < 1.29 is 4.79 Å². The van der Waals surface area contributed by atoms with Gasteiger partial charge in [0.2, 0.25) is 11.9 Å². The van der Waals surface area contributed by atoms with Crippen molar-refractivity contribution in [2.24, 2.45) is 11.3 Å². The van der Waals surface area contributed by atoms with Crippen LogP contribution in [0.3, 0.4) is 0 Å². The molecule has 0 bridgehead atoms. The molecule has 1 saturated heterocycles. The van der Waals surface area contributed by atoms with Gasteiger partial charge in [-0.25, -0.2) is 19.9 Å². The Balaban J connectivity index is 1.81. The van der Waals surface area contributed by atoms with Crippen LogP contribution < -0.4 is 4.90 Å². The molecule has 0 N–H and O–H groups in total. The van der Waals surface area contributed by atoms with Crippen LogP contribution >= 0.6 is 0 Å². The summed E-state index contributed by atoms with van der Waals surface area (Å²) in [4.78, 5) is 32.2. The summed E-state index contributed by atoms with van der Waals surface area (Å²) >= 11 is 0. The van der Waals surface area contributed by atoms with Crippen molar-refractivity contribution in [3.63, 3.8) is 0 Å². The summed E-state index contributed by atoms with van der Waals surface area (Å²) in [7, 11) is 0. The highest BCUT2D eigenvalue weighted by Crippen LogP contribution is 2.49. The van der Waals surface area contributed by atoms with Crippen LogP contribution in [0.2, 0.25) is 0 Å². The number of aromatic nitrogens is 4. The molecule has 26 heavy (non-hydrogen) atoms. The molecule has 1 amide bonds. The average Bonchev–Trinajstić information content (AvgIpc) is 2.81. The number of rotatable bonds is 2. The van der Waals surface area contributed by atoms with E-state index in [1.165, 1.54) is 0 Å². The second-order valence-corrected chi connectivity index (χ2v) is 7.40. The van der Waals surface area contributed by atoms with Gasteiger partial charge in [0.15, 0.2) is 0 Å². The maximum atomic E-state index is 13.2. The molecule has 0 spiro atoms. The van der Waals surface area contributed by atoms with Gasteiger partial charge in [0.05, 0.1) is 5.41 Å². The molecule has 1 aliphatic heterocycles. The molecule has 1 unspecified atom stereocenters. The summed E-state index contributed by atoms with van der Waals surface area (Å²) in [5, 5.41) is 0. The summed E-state index contributed by atoms with van der Waals surface area (Å²) < 4.78 is 0. The largest absolute Gasteiger partial charge is 0.273 e. The third kappa shape index (κ3) is 2.53. The SMILES string of the molecule is Cc1ccnc(N2C(=O)C(C)(C)C3CC=C(c4cnc(C)nc4)C=C32)n1. The van der Waals surface area contributed by atoms with Gasteiger partial charge in [0.25, 0.3) is 0 Å². The number of allylic oxidation sites excluding steroid dienone is 4. The van der Waals surface area contributed by atoms with Gasteiger partial charge in [-0.05, 0) is 38.0 Å². The van der Waals surface area contributed by atoms with Crippen LogP contribution in [0.5, 0.6) is 0 Å². The zero-order valence-electron chi connectivity index (χ0n) is 15.4. The lowest BCUT2D eigenvalue weighted by atomic mass is 9.75. The fraction of sp³-hybridized carbons (Fsp3) is 0.350. The first kappa shape index (κ1) is 16.6. The lowest BCUT2D eigenvalue weighted by Crippen LogP contribution is -2.32. The summed E-state index contributed by atoms with van der Waals surface area (Å²) in [6.45, 7) is 7.76. The Labute approximate surface area is 152 Å². The van der Waals surface area contributed by atoms with Crippen LogP contribution in [0, 0.1) is 25.2 Å². The van der Waals surface area contributed by atoms with E-state index in [2.05, 4.69) is 32.1 Å². The molecule has 1 fully saturated rings. The monoisotopic (exact) mass is 347 g/mol. The van der Waals surface area contributed by atoms with Crippen LogP contribution in [0.4, 0.5) is 5.95 Å². The highest BCUT2D eigenvalue weighted by molar-refractivity contribution is 6.03. The zero-order chi connectivity index (χ0) is 18.5. The molecule has 0 saturated carbocycles. The average molecular weight is 347 g/mol. The molecule has 2 aromatic heterocycles. The molecule has 0 radical (unpaired) electrons. The van der Waals surface area contributed by atoms with Gasteiger partial charge in [0.1, 0.15) is 5.82 Å². The van der Waals surface area contributed by atoms with Gasteiger partial charge in [-0.3, -0.25) is 9.69 Å². The third-order valence-corrected chi connectivity index (χ3v) is 5.21. The minimum Gasteiger partial charge on any atom is -0.273 e. The van der Waals surface area contributed by atoms with Crippen LogP contribution in [-0.4, -0.2) is 25.8 Å². The van der Waals surface area contributed by atoms with Gasteiger partial charge in [0, 0.05) is 41.5 Å². The van der Waals surface area contributed by atoms with Gasteiger partial charge >= 0.3 is 0 Å². The predicted octanol–water partition coefficient (Wildman–Crippen LogP) is 3.24. The molecule has 132 valence electrons. The first-order chi connectivity index (χ1) is 12.4. The minimum atomic E-state index is -0.495. The molecule has 4 rings (SSSR count). The Morgan fingerprint density at radius 1 is 1.15 bits per heavy atom. The molecule has 2 aromatic rings. The van der Waals surface area contributed by atoms with Crippen LogP contribution in [0.1, 0.15) is 37.4 Å². The van der Waals surface area contributed by atoms with Crippen molar-refractivity contribution in [1.82, 2.24) is 19.9 Å². The number of hydrogen-bond donors (Lipinski definition) is 0. The number of carbonyl (C=O) groups excluding carboxylic acids is 1. The standard InChI is InChI=1S/C20H21N5O/c1-12-7-8-21-19(24-12)25-17-9-14(15-10-22-13(2)23-11-15)5-6-16(17)20(3,4)18(25)26/h5,7-11,16H,6H2,1-4H3. The first-order valence-corrected chi connectivity index (χ1v) is 8.73. The fourth-order valence-electron chi connectivity index (χ4n) is 3.62. The molecule has 6 nitrogen and oxygen atoms in total. The number of fused-ring (bicyclic) bond motifs is 1. The van der Waals surface area contributed by atoms with E-state index in [0.29, 0.717) is 5.95 Å². The zero-order valence-corrected chi connectivity index (χ0v) is 15.4. The summed E-state index contributed by atoms with van der Waals surface area (Å²) in [5.74, 6) is 1.32. The molecular weight excluding hydrogens is 326 g/mol. The van der Waals surface area contributed by atoms with Crippen molar-refractivity contribution in [1.29, 1.82) is 0 Å². The molecular formula is C20H21N5O. The van der Waals surface area contributed by atoms with Crippen molar-refractivity contribution >= 4 is 17.4 Å². The topological polar surface area (TPSA) is 71.9 Å². The molecule has 3 heterocycles. The molecule has 1 atom stereocenters. The Morgan fingerprint density at radius 2 is 1.88 bits per heavy atom. The highest BCUT2D eigenvalue weighted by atomic mass is 16.2. The van der Waals surface area contributed by atoms with E-state index in [0.717, 1.165) is 34.8 Å². The van der Waals surface area contributed by atoms with Crippen molar-refractivity contribution in [2.75, 3.05) is 4.90 Å². The van der Waals surface area contributed by atoms with E-state index in [1.807, 2.05) is 46.2 Å². The maximum Gasteiger partial charge on any atom is 0.240 e. The van der Waals surface area contributed by atoms with E-state index >= 15 is 0 Å².